The maximum absolute atomic E-state index is 13.8. The number of Topliss-reactive ketones (excluding diaryl/α,β-unsaturated/α-hetero) is 1. The van der Waals surface area contributed by atoms with E-state index in [0.717, 1.165) is 11.0 Å². The minimum absolute atomic E-state index is 0.405. The number of ether oxygens (including phenoxy) is 6. The first-order chi connectivity index (χ1) is 27.1. The first-order valence-corrected chi connectivity index (χ1v) is 18.6. The Kier molecular flexibility index (Phi) is 17.4. The molecular weight excluding hydrogens is 795 g/mol. The van der Waals surface area contributed by atoms with Gasteiger partial charge in [0.1, 0.15) is 66.2 Å². The van der Waals surface area contributed by atoms with Gasteiger partial charge in [0.25, 0.3) is 5.91 Å². The minimum atomic E-state index is -1.85. The van der Waals surface area contributed by atoms with E-state index in [2.05, 4.69) is 0 Å². The molecule has 13 atom stereocenters. The number of amides is 2. The lowest BCUT2D eigenvalue weighted by molar-refractivity contribution is -0.338. The van der Waals surface area contributed by atoms with Crippen LogP contribution in [-0.2, 0) is 42.8 Å². The quantitative estimate of drug-likeness (QED) is 0.0514. The zero-order valence-electron chi connectivity index (χ0n) is 31.2. The van der Waals surface area contributed by atoms with Crippen LogP contribution in [0.5, 0.6) is 0 Å². The summed E-state index contributed by atoms with van der Waals surface area (Å²) in [4.78, 5) is 40.3. The van der Waals surface area contributed by atoms with Gasteiger partial charge in [-0.1, -0.05) is 71.8 Å². The smallest absolute Gasteiger partial charge is 0.264 e. The number of halogens is 2. The van der Waals surface area contributed by atoms with Gasteiger partial charge in [0.2, 0.25) is 5.91 Å². The van der Waals surface area contributed by atoms with E-state index in [1.807, 2.05) is 0 Å². The summed E-state index contributed by atoms with van der Waals surface area (Å²) in [6.07, 6.45) is 1.26. The van der Waals surface area contributed by atoms with Crippen molar-refractivity contribution in [1.82, 2.24) is 4.90 Å². The molecule has 4 fully saturated rings. The summed E-state index contributed by atoms with van der Waals surface area (Å²) in [6, 6.07) is -1.62. The van der Waals surface area contributed by atoms with Crippen LogP contribution in [0.1, 0.15) is 20.3 Å². The number of allylic oxidation sites excluding steroid dienone is 14. The van der Waals surface area contributed by atoms with Gasteiger partial charge in [-0.15, -0.1) is 0 Å². The molecule has 2 amide bonds. The number of methoxy groups -OCH3 is 1. The predicted octanol–water partition coefficient (Wildman–Crippen LogP) is 0.547. The number of hydrogen-bond acceptors (Lipinski definition) is 15. The van der Waals surface area contributed by atoms with Gasteiger partial charge in [-0.25, -0.2) is 0 Å². The summed E-state index contributed by atoms with van der Waals surface area (Å²) in [6.45, 7) is 2.37. The molecule has 4 aliphatic rings. The lowest BCUT2D eigenvalue weighted by atomic mass is 10.0. The number of carbonyl (C=O) groups excluding carboxylic acids is 3. The SMILES string of the molecule is CO[C@@H]1[C@H](OC2COC(OC3C(O)C(O)COC3N3C(=O)/C(=C(O)/C=C/C=C/C=C/C=C/C=C(Cl)/C=C/C=C(/C)Cl)C(=O)[C@@H]3CC(N)=O)C(O)C2O)O[C@H](C)[C@H]1O. The molecule has 4 heterocycles. The number of aliphatic hydroxyl groups excluding tert-OH is 6. The van der Waals surface area contributed by atoms with Crippen LogP contribution in [0.4, 0.5) is 0 Å². The van der Waals surface area contributed by atoms with Crippen LogP contribution in [0, 0.1) is 0 Å². The number of carbonyl (C=O) groups is 3. The van der Waals surface area contributed by atoms with Crippen LogP contribution in [0.3, 0.4) is 0 Å². The molecule has 17 nitrogen and oxygen atoms in total. The predicted molar refractivity (Wildman–Crippen MR) is 203 cm³/mol. The molecule has 4 rings (SSSR count). The van der Waals surface area contributed by atoms with Crippen molar-refractivity contribution in [3.8, 4) is 0 Å². The molecule has 314 valence electrons. The maximum atomic E-state index is 13.8. The molecule has 4 saturated heterocycles. The second-order valence-electron chi connectivity index (χ2n) is 13.3. The highest BCUT2D eigenvalue weighted by atomic mass is 35.5. The molecule has 8 unspecified atom stereocenters. The molecule has 8 N–H and O–H groups in total. The Morgan fingerprint density at radius 2 is 1.51 bits per heavy atom. The molecular formula is C38H48Cl2N2O15. The molecule has 4 aliphatic heterocycles. The largest absolute Gasteiger partial charge is 0.507 e. The van der Waals surface area contributed by atoms with Crippen molar-refractivity contribution in [3.63, 3.8) is 0 Å². The molecule has 57 heavy (non-hydrogen) atoms. The fourth-order valence-corrected chi connectivity index (χ4v) is 6.48. The fraction of sp³-hybridized carbons (Fsp3) is 0.500. The van der Waals surface area contributed by atoms with E-state index in [0.29, 0.717) is 10.1 Å². The number of hydrogen-bond donors (Lipinski definition) is 7. The maximum Gasteiger partial charge on any atom is 0.264 e. The molecule has 0 bridgehead atoms. The highest BCUT2D eigenvalue weighted by Gasteiger charge is 2.56. The molecule has 0 spiro atoms. The third-order valence-corrected chi connectivity index (χ3v) is 9.58. The summed E-state index contributed by atoms with van der Waals surface area (Å²) < 4.78 is 33.7. The Morgan fingerprint density at radius 3 is 2.16 bits per heavy atom. The molecule has 19 heteroatoms. The van der Waals surface area contributed by atoms with Crippen LogP contribution in [0.2, 0.25) is 0 Å². The number of ketones is 1. The first kappa shape index (κ1) is 46.2. The summed E-state index contributed by atoms with van der Waals surface area (Å²) >= 11 is 11.8. The van der Waals surface area contributed by atoms with Gasteiger partial charge < -0.3 is 64.8 Å². The standard InChI is InChI=1S/C38H48Cl2N2O15/c1-19(39)12-11-14-21(40)13-9-7-5-4-6-8-10-15-23(43)27-29(47)22(16-26(41)45)42(35(27)51)36-33(30(48)24(44)17-53-36)57-37-32(50)31(49)25(18-54-37)56-38-34(52-3)28(46)20(2)55-38/h4-15,20,22,24-25,28,30-34,36-38,43-44,46,48-50H,16-18H2,1-3H3,(H2,41,45)/b5-4+,8-6+,9-7+,14-11+,15-10+,19-12-,21-13-,27-23-/t20-,22+,24?,25?,28-,30?,31?,32?,33?,34+,36?,37?,38+/m1/s1. The van der Waals surface area contributed by atoms with Gasteiger partial charge >= 0.3 is 0 Å². The fourth-order valence-electron chi connectivity index (χ4n) is 6.26. The van der Waals surface area contributed by atoms with Crippen LogP contribution in [-0.4, -0.2) is 153 Å². The lowest BCUT2D eigenvalue weighted by Gasteiger charge is -2.46. The van der Waals surface area contributed by atoms with Crippen LogP contribution in [0.15, 0.2) is 94.3 Å². The second-order valence-corrected chi connectivity index (χ2v) is 14.4. The zero-order valence-corrected chi connectivity index (χ0v) is 32.7. The number of likely N-dealkylation sites (tertiary alicyclic amines) is 1. The van der Waals surface area contributed by atoms with Crippen LogP contribution < -0.4 is 5.73 Å². The minimum Gasteiger partial charge on any atom is -0.507 e. The van der Waals surface area contributed by atoms with E-state index in [1.165, 1.54) is 19.3 Å². The lowest BCUT2D eigenvalue weighted by Crippen LogP contribution is -2.65. The normalized spacial score (nSPS) is 37.0. The number of nitrogens with two attached hydrogens (primary N) is 1. The van der Waals surface area contributed by atoms with Gasteiger partial charge in [0.05, 0.1) is 25.7 Å². The molecule has 0 aromatic carbocycles. The Morgan fingerprint density at radius 1 is 0.842 bits per heavy atom. The molecule has 0 radical (unpaired) electrons. The third kappa shape index (κ3) is 11.8. The topological polar surface area (TPSA) is 257 Å². The van der Waals surface area contributed by atoms with Crippen LogP contribution in [0.25, 0.3) is 0 Å². The highest BCUT2D eigenvalue weighted by Crippen LogP contribution is 2.35. The van der Waals surface area contributed by atoms with Crippen molar-refractivity contribution in [2.24, 2.45) is 5.73 Å². The van der Waals surface area contributed by atoms with E-state index in [9.17, 15) is 45.0 Å². The first-order valence-electron chi connectivity index (χ1n) is 17.8. The van der Waals surface area contributed by atoms with E-state index >= 15 is 0 Å². The van der Waals surface area contributed by atoms with Crippen molar-refractivity contribution in [3.05, 3.63) is 94.3 Å². The van der Waals surface area contributed by atoms with Crippen molar-refractivity contribution >= 4 is 40.8 Å². The van der Waals surface area contributed by atoms with Crippen molar-refractivity contribution in [2.75, 3.05) is 20.3 Å². The van der Waals surface area contributed by atoms with E-state index in [1.54, 1.807) is 68.5 Å². The van der Waals surface area contributed by atoms with Gasteiger partial charge in [0, 0.05) is 17.2 Å². The zero-order chi connectivity index (χ0) is 42.0. The molecule has 0 aliphatic carbocycles. The van der Waals surface area contributed by atoms with Crippen molar-refractivity contribution in [2.45, 2.75) is 100 Å². The van der Waals surface area contributed by atoms with E-state index in [-0.39, 0.29) is 0 Å². The van der Waals surface area contributed by atoms with Crippen molar-refractivity contribution in [1.29, 1.82) is 0 Å². The highest BCUT2D eigenvalue weighted by molar-refractivity contribution is 6.31. The number of aliphatic hydroxyl groups is 6. The van der Waals surface area contributed by atoms with Crippen molar-refractivity contribution < 1.29 is 73.4 Å². The van der Waals surface area contributed by atoms with E-state index in [4.69, 9.17) is 57.4 Å². The van der Waals surface area contributed by atoms with Gasteiger partial charge in [-0.2, -0.15) is 0 Å². The molecule has 0 aromatic heterocycles. The molecule has 0 saturated carbocycles. The Bertz CT molecular complexity index is 1690. The summed E-state index contributed by atoms with van der Waals surface area (Å²) in [5, 5.41) is 65.7. The summed E-state index contributed by atoms with van der Waals surface area (Å²) in [5.41, 5.74) is 4.71. The Hall–Kier alpha value is -3.53. The summed E-state index contributed by atoms with van der Waals surface area (Å²) in [5.74, 6) is -3.84. The second kappa shape index (κ2) is 21.5. The van der Waals surface area contributed by atoms with Crippen LogP contribution >= 0.6 is 23.2 Å². The number of primary amides is 1. The third-order valence-electron chi connectivity index (χ3n) is 9.21. The number of nitrogens with zero attached hydrogens (tertiary/aromatic N) is 1. The van der Waals surface area contributed by atoms with Gasteiger partial charge in [-0.05, 0) is 38.2 Å². The number of rotatable bonds is 15. The average molecular weight is 844 g/mol. The van der Waals surface area contributed by atoms with E-state index < -0.39 is 128 Å². The van der Waals surface area contributed by atoms with Gasteiger partial charge in [0.15, 0.2) is 24.6 Å². The molecule has 0 aromatic rings. The van der Waals surface area contributed by atoms with Gasteiger partial charge in [-0.3, -0.25) is 19.3 Å². The summed E-state index contributed by atoms with van der Waals surface area (Å²) in [7, 11) is 1.34. The monoisotopic (exact) mass is 842 g/mol. The Labute approximate surface area is 338 Å². The average Bonchev–Trinajstić information content (AvgIpc) is 3.56. The Balaban J connectivity index is 1.48.